The molecule has 0 spiro atoms. The van der Waals surface area contributed by atoms with Crippen LogP contribution in [0.3, 0.4) is 0 Å². The van der Waals surface area contributed by atoms with Crippen molar-refractivity contribution >= 4 is 23.2 Å². The topological polar surface area (TPSA) is 80.3 Å². The Labute approximate surface area is 202 Å². The van der Waals surface area contributed by atoms with E-state index in [0.29, 0.717) is 23.8 Å². The summed E-state index contributed by atoms with van der Waals surface area (Å²) in [5.74, 6) is -0.0696. The number of rotatable bonds is 10. The maximum absolute atomic E-state index is 13.1. The molecule has 1 atom stereocenters. The van der Waals surface area contributed by atoms with Gasteiger partial charge >= 0.3 is 0 Å². The third-order valence-corrected chi connectivity index (χ3v) is 6.04. The Morgan fingerprint density at radius 2 is 1.62 bits per heavy atom. The summed E-state index contributed by atoms with van der Waals surface area (Å²) in [6.45, 7) is 0.614. The molecule has 0 aliphatic carbocycles. The zero-order chi connectivity index (χ0) is 23.6. The van der Waals surface area contributed by atoms with Gasteiger partial charge in [0.05, 0.1) is 4.88 Å². The highest BCUT2D eigenvalue weighted by molar-refractivity contribution is 7.12. The van der Waals surface area contributed by atoms with Crippen LogP contribution < -0.4 is 15.4 Å². The lowest BCUT2D eigenvalue weighted by atomic mass is 10.0. The third-order valence-electron chi connectivity index (χ3n) is 5.17. The lowest BCUT2D eigenvalue weighted by molar-refractivity contribution is -0.123. The molecule has 2 heterocycles. The fourth-order valence-corrected chi connectivity index (χ4v) is 4.04. The van der Waals surface area contributed by atoms with Crippen molar-refractivity contribution in [1.29, 1.82) is 0 Å². The summed E-state index contributed by atoms with van der Waals surface area (Å²) in [5, 5.41) is 7.65. The van der Waals surface area contributed by atoms with E-state index >= 15 is 0 Å². The molecule has 6 nitrogen and oxygen atoms in total. The standard InChI is InChI=1S/C27H25N3O3S/c31-25(23(17-20-9-3-1-4-10-20)30-26(32)24-14-8-16-34-24)29-18-22-13-7-15-28-27(22)33-19-21-11-5-2-6-12-21/h1-16,23H,17-19H2,(H,29,31)(H,30,32). The number of aromatic nitrogens is 1. The van der Waals surface area contributed by atoms with Crippen molar-refractivity contribution in [2.45, 2.75) is 25.6 Å². The Bertz CT molecular complexity index is 1200. The Kier molecular flexibility index (Phi) is 8.03. The number of hydrogen-bond donors (Lipinski definition) is 2. The lowest BCUT2D eigenvalue weighted by Crippen LogP contribution is -2.47. The smallest absolute Gasteiger partial charge is 0.262 e. The highest BCUT2D eigenvalue weighted by atomic mass is 32.1. The molecule has 2 N–H and O–H groups in total. The average Bonchev–Trinajstić information content (AvgIpc) is 3.43. The number of carbonyl (C=O) groups is 2. The molecule has 0 bridgehead atoms. The van der Waals surface area contributed by atoms with E-state index in [1.165, 1.54) is 11.3 Å². The number of benzene rings is 2. The van der Waals surface area contributed by atoms with Gasteiger partial charge in [0.15, 0.2) is 0 Å². The van der Waals surface area contributed by atoms with Crippen LogP contribution in [0.25, 0.3) is 0 Å². The van der Waals surface area contributed by atoms with Gasteiger partial charge in [-0.15, -0.1) is 11.3 Å². The van der Waals surface area contributed by atoms with Crippen molar-refractivity contribution in [2.75, 3.05) is 0 Å². The van der Waals surface area contributed by atoms with Gasteiger partial charge in [0.25, 0.3) is 5.91 Å². The van der Waals surface area contributed by atoms with Gasteiger partial charge in [-0.05, 0) is 28.6 Å². The lowest BCUT2D eigenvalue weighted by Gasteiger charge is -2.19. The molecule has 34 heavy (non-hydrogen) atoms. The Morgan fingerprint density at radius 3 is 2.32 bits per heavy atom. The van der Waals surface area contributed by atoms with E-state index in [1.54, 1.807) is 18.3 Å². The predicted octanol–water partition coefficient (Wildman–Crippen LogP) is 4.38. The molecule has 2 amide bonds. The van der Waals surface area contributed by atoms with Gasteiger partial charge in [-0.2, -0.15) is 0 Å². The van der Waals surface area contributed by atoms with E-state index in [9.17, 15) is 9.59 Å². The largest absolute Gasteiger partial charge is 0.473 e. The summed E-state index contributed by atoms with van der Waals surface area (Å²) in [5.41, 5.74) is 2.75. The Balaban J connectivity index is 1.42. The fraction of sp³-hybridized carbons (Fsp3) is 0.148. The van der Waals surface area contributed by atoms with Gasteiger partial charge in [0.1, 0.15) is 12.6 Å². The molecule has 0 aliphatic rings. The molecule has 2 aromatic carbocycles. The third kappa shape index (κ3) is 6.52. The maximum Gasteiger partial charge on any atom is 0.262 e. The quantitative estimate of drug-likeness (QED) is 0.360. The molecule has 172 valence electrons. The van der Waals surface area contributed by atoms with Crippen LogP contribution in [0.1, 0.15) is 26.4 Å². The number of thiophene rings is 1. The molecule has 1 unspecified atom stereocenters. The van der Waals surface area contributed by atoms with Crippen LogP contribution in [-0.4, -0.2) is 22.8 Å². The fourth-order valence-electron chi connectivity index (χ4n) is 3.42. The molecule has 4 rings (SSSR count). The molecular formula is C27H25N3O3S. The summed E-state index contributed by atoms with van der Waals surface area (Å²) in [7, 11) is 0. The normalized spacial score (nSPS) is 11.4. The maximum atomic E-state index is 13.1. The minimum absolute atomic E-state index is 0.233. The summed E-state index contributed by atoms with van der Waals surface area (Å²) < 4.78 is 5.89. The summed E-state index contributed by atoms with van der Waals surface area (Å²) >= 11 is 1.34. The minimum atomic E-state index is -0.720. The number of ether oxygens (including phenoxy) is 1. The molecule has 4 aromatic rings. The number of nitrogens with one attached hydrogen (secondary N) is 2. The van der Waals surface area contributed by atoms with Crippen molar-refractivity contribution in [1.82, 2.24) is 15.6 Å². The van der Waals surface area contributed by atoms with Crippen LogP contribution in [0.15, 0.2) is 96.5 Å². The van der Waals surface area contributed by atoms with E-state index in [-0.39, 0.29) is 18.4 Å². The molecule has 0 saturated heterocycles. The highest BCUT2D eigenvalue weighted by Crippen LogP contribution is 2.16. The number of nitrogens with zero attached hydrogens (tertiary/aromatic N) is 1. The molecule has 0 fully saturated rings. The number of amides is 2. The predicted molar refractivity (Wildman–Crippen MR) is 133 cm³/mol. The Morgan fingerprint density at radius 1 is 0.882 bits per heavy atom. The number of carbonyl (C=O) groups excluding carboxylic acids is 2. The number of hydrogen-bond acceptors (Lipinski definition) is 5. The second-order valence-electron chi connectivity index (χ2n) is 7.65. The zero-order valence-corrected chi connectivity index (χ0v) is 19.3. The number of pyridine rings is 1. The van der Waals surface area contributed by atoms with Gasteiger partial charge in [-0.3, -0.25) is 9.59 Å². The van der Waals surface area contributed by atoms with Crippen molar-refractivity contribution in [2.24, 2.45) is 0 Å². The van der Waals surface area contributed by atoms with Gasteiger partial charge < -0.3 is 15.4 Å². The van der Waals surface area contributed by atoms with E-state index < -0.39 is 6.04 Å². The van der Waals surface area contributed by atoms with Crippen LogP contribution in [0, 0.1) is 0 Å². The minimum Gasteiger partial charge on any atom is -0.473 e. The van der Waals surface area contributed by atoms with E-state index in [4.69, 9.17) is 4.74 Å². The Hall–Kier alpha value is -3.97. The summed E-state index contributed by atoms with van der Waals surface area (Å²) in [4.78, 5) is 30.7. The van der Waals surface area contributed by atoms with Crippen LogP contribution in [-0.2, 0) is 24.4 Å². The second kappa shape index (κ2) is 11.8. The highest BCUT2D eigenvalue weighted by Gasteiger charge is 2.22. The van der Waals surface area contributed by atoms with Crippen molar-refractivity contribution in [3.63, 3.8) is 0 Å². The van der Waals surface area contributed by atoms with E-state index in [0.717, 1.165) is 16.7 Å². The molecule has 2 aromatic heterocycles. The first kappa shape index (κ1) is 23.2. The van der Waals surface area contributed by atoms with Crippen molar-refractivity contribution < 1.29 is 14.3 Å². The molecule has 0 radical (unpaired) electrons. The second-order valence-corrected chi connectivity index (χ2v) is 8.60. The molecule has 0 saturated carbocycles. The van der Waals surface area contributed by atoms with Gasteiger partial charge in [0, 0.05) is 24.7 Å². The van der Waals surface area contributed by atoms with Gasteiger partial charge in [0.2, 0.25) is 11.8 Å². The summed E-state index contributed by atoms with van der Waals surface area (Å²) in [6, 6.07) is 25.9. The van der Waals surface area contributed by atoms with Crippen molar-refractivity contribution in [3.8, 4) is 5.88 Å². The van der Waals surface area contributed by atoms with Crippen molar-refractivity contribution in [3.05, 3.63) is 118 Å². The SMILES string of the molecule is O=C(NC(Cc1ccccc1)C(=O)NCc1cccnc1OCc1ccccc1)c1cccs1. The first-order valence-electron chi connectivity index (χ1n) is 11.0. The average molecular weight is 472 g/mol. The van der Waals surface area contributed by atoms with Crippen LogP contribution in [0.4, 0.5) is 0 Å². The monoisotopic (exact) mass is 471 g/mol. The zero-order valence-electron chi connectivity index (χ0n) is 18.5. The van der Waals surface area contributed by atoms with E-state index in [1.807, 2.05) is 78.2 Å². The first-order valence-corrected chi connectivity index (χ1v) is 11.8. The summed E-state index contributed by atoms with van der Waals surface area (Å²) in [6.07, 6.45) is 2.04. The first-order chi connectivity index (χ1) is 16.7. The molecular weight excluding hydrogens is 446 g/mol. The van der Waals surface area contributed by atoms with Gasteiger partial charge in [-0.25, -0.2) is 4.98 Å². The molecule has 0 aliphatic heterocycles. The van der Waals surface area contributed by atoms with Crippen LogP contribution >= 0.6 is 11.3 Å². The van der Waals surface area contributed by atoms with E-state index in [2.05, 4.69) is 15.6 Å². The van der Waals surface area contributed by atoms with Crippen LogP contribution in [0.5, 0.6) is 5.88 Å². The van der Waals surface area contributed by atoms with Gasteiger partial charge in [-0.1, -0.05) is 72.8 Å². The van der Waals surface area contributed by atoms with Crippen LogP contribution in [0.2, 0.25) is 0 Å². The molecule has 7 heteroatoms.